The van der Waals surface area contributed by atoms with E-state index in [-0.39, 0.29) is 24.2 Å². The van der Waals surface area contributed by atoms with Crippen molar-refractivity contribution in [2.45, 2.75) is 38.1 Å². The third-order valence-corrected chi connectivity index (χ3v) is 7.01. The molecule has 2 N–H and O–H groups in total. The Bertz CT molecular complexity index is 846. The summed E-state index contributed by atoms with van der Waals surface area (Å²) in [5, 5.41) is 17.6. The number of ether oxygens (including phenoxy) is 1. The molecule has 168 valence electrons. The molecule has 1 spiro atoms. The molecule has 4 atom stereocenters. The van der Waals surface area contributed by atoms with E-state index in [1.54, 1.807) is 0 Å². The third-order valence-electron chi connectivity index (χ3n) is 7.01. The number of likely N-dealkylation sites (tertiary alicyclic amines) is 2. The average Bonchev–Trinajstić information content (AvgIpc) is 3.43. The summed E-state index contributed by atoms with van der Waals surface area (Å²) in [4.78, 5) is 13.8. The van der Waals surface area contributed by atoms with Crippen LogP contribution in [0.3, 0.4) is 0 Å². The standard InChI is InChI=1S/C22H33N7O2/c1-2-23-21-24-9-17(10-25-21)11-28-12-19-18(14-30)20-13-27(15-22(19,16-28)31-20)6-4-8-29-7-3-5-26-29/h3,5,7,9-10,18-20,30H,2,4,6,8,11-16H2,1H3,(H,23,24,25)/t18-,19+,20+,22+/m0/s1. The van der Waals surface area contributed by atoms with E-state index in [2.05, 4.69) is 30.2 Å². The molecule has 0 aromatic carbocycles. The van der Waals surface area contributed by atoms with Crippen LogP contribution in [0, 0.1) is 11.8 Å². The number of aromatic nitrogens is 4. The SMILES string of the molecule is CCNc1ncc(CN2C[C@@H]3[C@H](CO)[C@H]4CN(CCCn5cccn5)C[C@]3(C2)O4)cn1. The highest BCUT2D eigenvalue weighted by Gasteiger charge is 2.61. The smallest absolute Gasteiger partial charge is 0.222 e. The van der Waals surface area contributed by atoms with Crippen LogP contribution in [-0.4, -0.2) is 92.2 Å². The minimum Gasteiger partial charge on any atom is -0.396 e. The highest BCUT2D eigenvalue weighted by molar-refractivity contribution is 5.24. The molecule has 3 aliphatic rings. The van der Waals surface area contributed by atoms with E-state index in [9.17, 15) is 5.11 Å². The van der Waals surface area contributed by atoms with Gasteiger partial charge < -0.3 is 15.2 Å². The number of aliphatic hydroxyl groups is 1. The van der Waals surface area contributed by atoms with Gasteiger partial charge in [-0.25, -0.2) is 9.97 Å². The van der Waals surface area contributed by atoms with Crippen molar-refractivity contribution < 1.29 is 9.84 Å². The molecule has 2 aromatic rings. The number of anilines is 1. The minimum atomic E-state index is -0.174. The summed E-state index contributed by atoms with van der Waals surface area (Å²) in [6, 6.07) is 1.97. The number of rotatable bonds is 9. The molecule has 3 fully saturated rings. The van der Waals surface area contributed by atoms with Crippen LogP contribution < -0.4 is 5.32 Å². The van der Waals surface area contributed by atoms with Crippen LogP contribution in [0.2, 0.25) is 0 Å². The van der Waals surface area contributed by atoms with Gasteiger partial charge in [0.2, 0.25) is 5.95 Å². The maximum absolute atomic E-state index is 10.1. The molecule has 5 rings (SSSR count). The summed E-state index contributed by atoms with van der Waals surface area (Å²) in [7, 11) is 0. The first kappa shape index (κ1) is 20.8. The molecule has 0 saturated carbocycles. The van der Waals surface area contributed by atoms with E-state index >= 15 is 0 Å². The van der Waals surface area contributed by atoms with Crippen molar-refractivity contribution in [3.63, 3.8) is 0 Å². The fourth-order valence-electron chi connectivity index (χ4n) is 5.75. The van der Waals surface area contributed by atoms with Gasteiger partial charge >= 0.3 is 0 Å². The van der Waals surface area contributed by atoms with E-state index in [4.69, 9.17) is 4.74 Å². The molecule has 2 aromatic heterocycles. The minimum absolute atomic E-state index is 0.137. The Morgan fingerprint density at radius 3 is 2.77 bits per heavy atom. The van der Waals surface area contributed by atoms with Crippen LogP contribution in [0.15, 0.2) is 30.9 Å². The molecule has 31 heavy (non-hydrogen) atoms. The first-order valence-electron chi connectivity index (χ1n) is 11.4. The zero-order chi connectivity index (χ0) is 21.3. The zero-order valence-corrected chi connectivity index (χ0v) is 18.2. The zero-order valence-electron chi connectivity index (χ0n) is 18.2. The van der Waals surface area contributed by atoms with Crippen LogP contribution >= 0.6 is 0 Å². The number of hydrogen-bond acceptors (Lipinski definition) is 8. The van der Waals surface area contributed by atoms with E-state index in [0.717, 1.165) is 64.3 Å². The first-order valence-corrected chi connectivity index (χ1v) is 11.4. The fraction of sp³-hybridized carbons (Fsp3) is 0.682. The maximum atomic E-state index is 10.1. The number of fused-ring (bicyclic) bond motifs is 1. The summed E-state index contributed by atoms with van der Waals surface area (Å²) in [6.45, 7) is 9.55. The number of morpholine rings is 1. The number of nitrogens with zero attached hydrogens (tertiary/aromatic N) is 6. The van der Waals surface area contributed by atoms with Gasteiger partial charge in [0, 0.05) is 101 Å². The van der Waals surface area contributed by atoms with Crippen LogP contribution in [0.25, 0.3) is 0 Å². The number of aliphatic hydroxyl groups excluding tert-OH is 1. The monoisotopic (exact) mass is 427 g/mol. The fourth-order valence-corrected chi connectivity index (χ4v) is 5.75. The summed E-state index contributed by atoms with van der Waals surface area (Å²) >= 11 is 0. The Hall–Kier alpha value is -2.07. The van der Waals surface area contributed by atoms with Gasteiger partial charge in [0.1, 0.15) is 0 Å². The van der Waals surface area contributed by atoms with Crippen LogP contribution in [0.4, 0.5) is 5.95 Å². The van der Waals surface area contributed by atoms with Crippen molar-refractivity contribution in [3.05, 3.63) is 36.4 Å². The van der Waals surface area contributed by atoms with Gasteiger partial charge in [-0.3, -0.25) is 14.5 Å². The normalized spacial score (nSPS) is 30.6. The second-order valence-corrected chi connectivity index (χ2v) is 9.15. The topological polar surface area (TPSA) is 91.6 Å². The van der Waals surface area contributed by atoms with Gasteiger partial charge in [-0.05, 0) is 19.4 Å². The Morgan fingerprint density at radius 1 is 1.19 bits per heavy atom. The highest BCUT2D eigenvalue weighted by atomic mass is 16.5. The second kappa shape index (κ2) is 8.82. The Morgan fingerprint density at radius 2 is 2.03 bits per heavy atom. The van der Waals surface area contributed by atoms with Crippen molar-refractivity contribution in [2.75, 3.05) is 51.2 Å². The summed E-state index contributed by atoms with van der Waals surface area (Å²) < 4.78 is 8.61. The molecule has 0 radical (unpaired) electrons. The second-order valence-electron chi connectivity index (χ2n) is 9.15. The summed E-state index contributed by atoms with van der Waals surface area (Å²) in [5.74, 6) is 1.27. The maximum Gasteiger partial charge on any atom is 0.222 e. The lowest BCUT2D eigenvalue weighted by molar-refractivity contribution is -0.118. The van der Waals surface area contributed by atoms with Crippen molar-refractivity contribution in [3.8, 4) is 0 Å². The largest absolute Gasteiger partial charge is 0.396 e. The van der Waals surface area contributed by atoms with Gasteiger partial charge in [0.05, 0.1) is 11.7 Å². The third kappa shape index (κ3) is 4.19. The predicted octanol–water partition coefficient (Wildman–Crippen LogP) is 0.689. The molecule has 3 saturated heterocycles. The van der Waals surface area contributed by atoms with Gasteiger partial charge in [-0.1, -0.05) is 0 Å². The van der Waals surface area contributed by atoms with Gasteiger partial charge in [-0.2, -0.15) is 5.10 Å². The molecule has 2 bridgehead atoms. The molecule has 3 aliphatic heterocycles. The lowest BCUT2D eigenvalue weighted by atomic mass is 9.83. The van der Waals surface area contributed by atoms with Crippen LogP contribution in [0.5, 0.6) is 0 Å². The molecule has 5 heterocycles. The molecular weight excluding hydrogens is 394 g/mol. The summed E-state index contributed by atoms with van der Waals surface area (Å²) in [6.07, 6.45) is 8.87. The van der Waals surface area contributed by atoms with Crippen molar-refractivity contribution in [1.29, 1.82) is 0 Å². The highest BCUT2D eigenvalue weighted by Crippen LogP contribution is 2.49. The van der Waals surface area contributed by atoms with E-state index in [1.165, 1.54) is 0 Å². The van der Waals surface area contributed by atoms with E-state index in [1.807, 2.05) is 42.5 Å². The first-order chi connectivity index (χ1) is 15.2. The Kier molecular flexibility index (Phi) is 5.92. The van der Waals surface area contributed by atoms with Gasteiger partial charge in [0.15, 0.2) is 0 Å². The number of nitrogens with one attached hydrogen (secondary N) is 1. The van der Waals surface area contributed by atoms with Gasteiger partial charge in [0.25, 0.3) is 0 Å². The Labute approximate surface area is 183 Å². The quantitative estimate of drug-likeness (QED) is 0.604. The van der Waals surface area contributed by atoms with Crippen molar-refractivity contribution >= 4 is 5.95 Å². The van der Waals surface area contributed by atoms with E-state index < -0.39 is 0 Å². The van der Waals surface area contributed by atoms with E-state index in [0.29, 0.717) is 11.9 Å². The van der Waals surface area contributed by atoms with Crippen molar-refractivity contribution in [2.24, 2.45) is 11.8 Å². The lowest BCUT2D eigenvalue weighted by Crippen LogP contribution is -2.54. The molecule has 0 aliphatic carbocycles. The molecule has 9 heteroatoms. The molecule has 0 amide bonds. The summed E-state index contributed by atoms with van der Waals surface area (Å²) in [5.41, 5.74) is 0.939. The van der Waals surface area contributed by atoms with Gasteiger partial charge in [-0.15, -0.1) is 0 Å². The number of aryl methyl sites for hydroxylation is 1. The molecule has 0 unspecified atom stereocenters. The van der Waals surface area contributed by atoms with Crippen molar-refractivity contribution in [1.82, 2.24) is 29.5 Å². The molecular formula is C22H33N7O2. The van der Waals surface area contributed by atoms with Crippen LogP contribution in [0.1, 0.15) is 18.9 Å². The average molecular weight is 428 g/mol. The molecule has 9 nitrogen and oxygen atoms in total. The van der Waals surface area contributed by atoms with Crippen LogP contribution in [-0.2, 0) is 17.8 Å². The number of hydrogen-bond donors (Lipinski definition) is 2. The predicted molar refractivity (Wildman–Crippen MR) is 116 cm³/mol. The lowest BCUT2D eigenvalue weighted by Gasteiger charge is -2.40. The Balaban J connectivity index is 1.22.